The molecule has 1 fully saturated rings. The van der Waals surface area contributed by atoms with Gasteiger partial charge in [-0.3, -0.25) is 19.4 Å². The Morgan fingerprint density at radius 1 is 1.03 bits per heavy atom. The van der Waals surface area contributed by atoms with Crippen molar-refractivity contribution in [2.45, 2.75) is 33.0 Å². The maximum Gasteiger partial charge on any atom is 0.416 e. The summed E-state index contributed by atoms with van der Waals surface area (Å²) in [6.45, 7) is 8.60. The van der Waals surface area contributed by atoms with Crippen LogP contribution in [0.4, 0.5) is 30.2 Å². The van der Waals surface area contributed by atoms with Gasteiger partial charge in [0.1, 0.15) is 6.54 Å². The minimum absolute atomic E-state index is 0.00127. The Kier molecular flexibility index (Phi) is 6.09. The number of aryl methyl sites for hydroxylation is 1. The van der Waals surface area contributed by atoms with Crippen LogP contribution in [-0.4, -0.2) is 55.5 Å². The Labute approximate surface area is 191 Å². The third-order valence-corrected chi connectivity index (χ3v) is 6.59. The standard InChI is InChI=1S/C24H27F3N4O2/c1-15-5-4-6-20(16(15)2)30-11-9-29(10-12-30)17(3)23(33)31-14-22(32)28-19-13-18(24(25,26)27)7-8-21(19)31/h4-8,13,17H,9-12,14H2,1-3H3,(H,28,32). The molecule has 176 valence electrons. The van der Waals surface area contributed by atoms with Crippen LogP contribution in [0.3, 0.4) is 0 Å². The second-order valence-electron chi connectivity index (χ2n) is 8.62. The van der Waals surface area contributed by atoms with Gasteiger partial charge < -0.3 is 10.2 Å². The van der Waals surface area contributed by atoms with E-state index in [9.17, 15) is 22.8 Å². The van der Waals surface area contributed by atoms with Crippen LogP contribution >= 0.6 is 0 Å². The zero-order valence-corrected chi connectivity index (χ0v) is 18.9. The van der Waals surface area contributed by atoms with E-state index < -0.39 is 23.7 Å². The summed E-state index contributed by atoms with van der Waals surface area (Å²) in [7, 11) is 0. The molecule has 0 spiro atoms. The number of hydrogen-bond donors (Lipinski definition) is 1. The second kappa shape index (κ2) is 8.70. The number of piperazine rings is 1. The highest BCUT2D eigenvalue weighted by atomic mass is 19.4. The lowest BCUT2D eigenvalue weighted by Gasteiger charge is -2.41. The van der Waals surface area contributed by atoms with E-state index in [1.54, 1.807) is 6.92 Å². The van der Waals surface area contributed by atoms with Gasteiger partial charge >= 0.3 is 6.18 Å². The van der Waals surface area contributed by atoms with Crippen molar-refractivity contribution in [3.63, 3.8) is 0 Å². The number of anilines is 3. The van der Waals surface area contributed by atoms with Crippen LogP contribution < -0.4 is 15.1 Å². The average Bonchev–Trinajstić information content (AvgIpc) is 2.78. The van der Waals surface area contributed by atoms with Crippen molar-refractivity contribution in [1.82, 2.24) is 4.90 Å². The molecular weight excluding hydrogens is 433 g/mol. The molecule has 2 aliphatic heterocycles. The number of nitrogens with one attached hydrogen (secondary N) is 1. The Hall–Kier alpha value is -3.07. The quantitative estimate of drug-likeness (QED) is 0.757. The molecule has 9 heteroatoms. The van der Waals surface area contributed by atoms with E-state index in [0.717, 1.165) is 25.2 Å². The lowest BCUT2D eigenvalue weighted by atomic mass is 10.1. The number of carbonyl (C=O) groups is 2. The van der Waals surface area contributed by atoms with Gasteiger partial charge in [-0.2, -0.15) is 13.2 Å². The first-order valence-electron chi connectivity index (χ1n) is 10.9. The summed E-state index contributed by atoms with van der Waals surface area (Å²) in [5.41, 5.74) is 3.08. The number of carbonyl (C=O) groups excluding carboxylic acids is 2. The van der Waals surface area contributed by atoms with Gasteiger partial charge in [-0.25, -0.2) is 0 Å². The SMILES string of the molecule is Cc1cccc(N2CCN(C(C)C(=O)N3CC(=O)Nc4cc(C(F)(F)F)ccc43)CC2)c1C. The van der Waals surface area contributed by atoms with Crippen molar-refractivity contribution in [2.24, 2.45) is 0 Å². The van der Waals surface area contributed by atoms with E-state index in [4.69, 9.17) is 0 Å². The summed E-state index contributed by atoms with van der Waals surface area (Å²) < 4.78 is 39.2. The molecule has 4 rings (SSSR count). The van der Waals surface area contributed by atoms with Gasteiger partial charge in [0.05, 0.1) is 23.0 Å². The Bertz CT molecular complexity index is 1080. The molecule has 2 aliphatic rings. The van der Waals surface area contributed by atoms with E-state index in [2.05, 4.69) is 41.1 Å². The molecular formula is C24H27F3N4O2. The molecule has 0 radical (unpaired) electrons. The van der Waals surface area contributed by atoms with Crippen LogP contribution in [-0.2, 0) is 15.8 Å². The summed E-state index contributed by atoms with van der Waals surface area (Å²) in [5, 5.41) is 2.46. The van der Waals surface area contributed by atoms with Crippen molar-refractivity contribution in [3.8, 4) is 0 Å². The van der Waals surface area contributed by atoms with E-state index in [1.807, 2.05) is 6.07 Å². The number of nitrogens with zero attached hydrogens (tertiary/aromatic N) is 3. The summed E-state index contributed by atoms with van der Waals surface area (Å²) in [6, 6.07) is 8.78. The maximum absolute atomic E-state index is 13.3. The molecule has 2 aromatic carbocycles. The molecule has 33 heavy (non-hydrogen) atoms. The normalized spacial score (nSPS) is 18.1. The maximum atomic E-state index is 13.3. The predicted octanol–water partition coefficient (Wildman–Crippen LogP) is 3.82. The highest BCUT2D eigenvalue weighted by Crippen LogP contribution is 2.37. The van der Waals surface area contributed by atoms with Crippen molar-refractivity contribution < 1.29 is 22.8 Å². The number of amides is 2. The highest BCUT2D eigenvalue weighted by Gasteiger charge is 2.36. The molecule has 2 aromatic rings. The Balaban J connectivity index is 1.48. The molecule has 0 aromatic heterocycles. The Morgan fingerprint density at radius 3 is 2.39 bits per heavy atom. The minimum atomic E-state index is -4.53. The first-order valence-corrected chi connectivity index (χ1v) is 10.9. The first kappa shape index (κ1) is 23.1. The van der Waals surface area contributed by atoms with Gasteiger partial charge in [0.2, 0.25) is 11.8 Å². The minimum Gasteiger partial charge on any atom is -0.369 e. The van der Waals surface area contributed by atoms with Gasteiger partial charge in [0.25, 0.3) is 0 Å². The Morgan fingerprint density at radius 2 is 1.73 bits per heavy atom. The van der Waals surface area contributed by atoms with Gasteiger partial charge in [-0.1, -0.05) is 12.1 Å². The fourth-order valence-electron chi connectivity index (χ4n) is 4.47. The zero-order valence-electron chi connectivity index (χ0n) is 18.9. The van der Waals surface area contributed by atoms with Gasteiger partial charge in [-0.15, -0.1) is 0 Å². The third-order valence-electron chi connectivity index (χ3n) is 6.59. The molecule has 6 nitrogen and oxygen atoms in total. The first-order chi connectivity index (χ1) is 15.6. The average molecular weight is 461 g/mol. The van der Waals surface area contributed by atoms with Gasteiger partial charge in [0.15, 0.2) is 0 Å². The number of alkyl halides is 3. The van der Waals surface area contributed by atoms with E-state index in [0.29, 0.717) is 13.1 Å². The van der Waals surface area contributed by atoms with Crippen LogP contribution in [0.5, 0.6) is 0 Å². The molecule has 1 unspecified atom stereocenters. The van der Waals surface area contributed by atoms with Gasteiger partial charge in [-0.05, 0) is 56.2 Å². The van der Waals surface area contributed by atoms with Gasteiger partial charge in [0, 0.05) is 31.9 Å². The fourth-order valence-corrected chi connectivity index (χ4v) is 4.47. The summed E-state index contributed by atoms with van der Waals surface area (Å²) in [4.78, 5) is 31.1. The van der Waals surface area contributed by atoms with Crippen molar-refractivity contribution in [1.29, 1.82) is 0 Å². The van der Waals surface area contributed by atoms with E-state index >= 15 is 0 Å². The van der Waals surface area contributed by atoms with Crippen LogP contribution in [0.25, 0.3) is 0 Å². The topological polar surface area (TPSA) is 55.9 Å². The molecule has 1 saturated heterocycles. The van der Waals surface area contributed by atoms with Crippen molar-refractivity contribution in [3.05, 3.63) is 53.1 Å². The largest absolute Gasteiger partial charge is 0.416 e. The number of halogens is 3. The molecule has 2 heterocycles. The number of fused-ring (bicyclic) bond motifs is 1. The molecule has 1 N–H and O–H groups in total. The molecule has 0 bridgehead atoms. The monoisotopic (exact) mass is 460 g/mol. The number of hydrogen-bond acceptors (Lipinski definition) is 4. The number of rotatable bonds is 3. The lowest BCUT2D eigenvalue weighted by Crippen LogP contribution is -2.56. The smallest absolute Gasteiger partial charge is 0.369 e. The number of benzene rings is 2. The van der Waals surface area contributed by atoms with Crippen LogP contribution in [0, 0.1) is 13.8 Å². The molecule has 1 atom stereocenters. The van der Waals surface area contributed by atoms with E-state index in [1.165, 1.54) is 27.8 Å². The molecule has 0 saturated carbocycles. The van der Waals surface area contributed by atoms with Crippen LogP contribution in [0.2, 0.25) is 0 Å². The summed E-state index contributed by atoms with van der Waals surface area (Å²) in [6.07, 6.45) is -4.53. The lowest BCUT2D eigenvalue weighted by molar-refractivity contribution is -0.137. The summed E-state index contributed by atoms with van der Waals surface area (Å²) >= 11 is 0. The fraction of sp³-hybridized carbons (Fsp3) is 0.417. The van der Waals surface area contributed by atoms with Crippen LogP contribution in [0.15, 0.2) is 36.4 Å². The third kappa shape index (κ3) is 4.55. The molecule has 0 aliphatic carbocycles. The molecule has 2 amide bonds. The predicted molar refractivity (Wildman–Crippen MR) is 122 cm³/mol. The second-order valence-corrected chi connectivity index (χ2v) is 8.62. The zero-order chi connectivity index (χ0) is 23.9. The van der Waals surface area contributed by atoms with Crippen molar-refractivity contribution >= 4 is 28.9 Å². The summed E-state index contributed by atoms with van der Waals surface area (Å²) in [5.74, 6) is -0.812. The highest BCUT2D eigenvalue weighted by molar-refractivity contribution is 6.11. The van der Waals surface area contributed by atoms with Crippen LogP contribution in [0.1, 0.15) is 23.6 Å². The van der Waals surface area contributed by atoms with Crippen molar-refractivity contribution in [2.75, 3.05) is 47.8 Å². The van der Waals surface area contributed by atoms with E-state index in [-0.39, 0.29) is 23.8 Å².